The number of carbonyl (C=O) groups excluding carboxylic acids is 1. The van der Waals surface area contributed by atoms with Crippen LogP contribution < -0.4 is 0 Å². The quantitative estimate of drug-likeness (QED) is 0.910. The molecule has 1 aliphatic rings. The molecule has 0 spiro atoms. The first-order valence-corrected chi connectivity index (χ1v) is 7.11. The lowest BCUT2D eigenvalue weighted by Crippen LogP contribution is -2.30. The second kappa shape index (κ2) is 5.25. The van der Waals surface area contributed by atoms with Crippen molar-refractivity contribution in [2.24, 2.45) is 5.92 Å². The average Bonchev–Trinajstić information content (AvgIpc) is 2.96. The largest absolute Gasteiger partial charge is 0.393 e. The molecule has 3 heteroatoms. The van der Waals surface area contributed by atoms with Gasteiger partial charge in [0.15, 0.2) is 0 Å². The van der Waals surface area contributed by atoms with Gasteiger partial charge in [-0.15, -0.1) is 0 Å². The van der Waals surface area contributed by atoms with Crippen LogP contribution in [0.1, 0.15) is 23.7 Å². The third-order valence-electron chi connectivity index (χ3n) is 4.19. The molecule has 104 valence electrons. The average molecular weight is 269 g/mol. The third-order valence-corrected chi connectivity index (χ3v) is 4.19. The molecule has 0 bridgehead atoms. The van der Waals surface area contributed by atoms with Crippen molar-refractivity contribution >= 4 is 16.7 Å². The Balaban J connectivity index is 1.82. The second-order valence-corrected chi connectivity index (χ2v) is 5.60. The van der Waals surface area contributed by atoms with Crippen LogP contribution in [0, 0.1) is 5.92 Å². The van der Waals surface area contributed by atoms with Gasteiger partial charge in [-0.1, -0.05) is 30.3 Å². The molecule has 0 aromatic heterocycles. The van der Waals surface area contributed by atoms with E-state index in [2.05, 4.69) is 0 Å². The highest BCUT2D eigenvalue weighted by Crippen LogP contribution is 2.23. The van der Waals surface area contributed by atoms with Crippen LogP contribution in [0.3, 0.4) is 0 Å². The first-order chi connectivity index (χ1) is 9.65. The van der Waals surface area contributed by atoms with E-state index in [4.69, 9.17) is 0 Å². The Bertz CT molecular complexity index is 636. The maximum absolute atomic E-state index is 12.5. The van der Waals surface area contributed by atoms with Gasteiger partial charge in [0, 0.05) is 24.6 Å². The summed E-state index contributed by atoms with van der Waals surface area (Å²) in [6.45, 7) is 3.19. The zero-order valence-electron chi connectivity index (χ0n) is 11.6. The van der Waals surface area contributed by atoms with E-state index in [1.54, 1.807) is 6.92 Å². The lowest BCUT2D eigenvalue weighted by atomic mass is 10.0. The lowest BCUT2D eigenvalue weighted by molar-refractivity contribution is 0.0762. The molecule has 2 aromatic rings. The van der Waals surface area contributed by atoms with Crippen molar-refractivity contribution in [1.29, 1.82) is 0 Å². The fourth-order valence-electron chi connectivity index (χ4n) is 2.87. The molecular formula is C17H19NO2. The Morgan fingerprint density at radius 2 is 2.00 bits per heavy atom. The van der Waals surface area contributed by atoms with Crippen molar-refractivity contribution in [2.45, 2.75) is 19.4 Å². The Morgan fingerprint density at radius 3 is 2.70 bits per heavy atom. The summed E-state index contributed by atoms with van der Waals surface area (Å²) in [5, 5.41) is 11.9. The van der Waals surface area contributed by atoms with E-state index in [9.17, 15) is 9.90 Å². The molecular weight excluding hydrogens is 250 g/mol. The predicted octanol–water partition coefficient (Wildman–Crippen LogP) is 2.68. The molecule has 0 aliphatic carbocycles. The molecule has 1 heterocycles. The Kier molecular flexibility index (Phi) is 3.45. The molecule has 1 saturated heterocycles. The fraction of sp³-hybridized carbons (Fsp3) is 0.353. The van der Waals surface area contributed by atoms with Crippen molar-refractivity contribution in [2.75, 3.05) is 13.1 Å². The highest BCUT2D eigenvalue weighted by molar-refractivity contribution is 5.98. The van der Waals surface area contributed by atoms with Crippen molar-refractivity contribution in [3.05, 3.63) is 48.0 Å². The number of nitrogens with zero attached hydrogens (tertiary/aromatic N) is 1. The van der Waals surface area contributed by atoms with Crippen LogP contribution in [-0.4, -0.2) is 35.1 Å². The molecule has 1 fully saturated rings. The highest BCUT2D eigenvalue weighted by atomic mass is 16.3. The molecule has 0 saturated carbocycles. The summed E-state index contributed by atoms with van der Waals surface area (Å²) < 4.78 is 0. The van der Waals surface area contributed by atoms with E-state index < -0.39 is 0 Å². The summed E-state index contributed by atoms with van der Waals surface area (Å²) >= 11 is 0. The summed E-state index contributed by atoms with van der Waals surface area (Å²) in [6, 6.07) is 13.9. The van der Waals surface area contributed by atoms with Gasteiger partial charge in [0.2, 0.25) is 0 Å². The summed E-state index contributed by atoms with van der Waals surface area (Å²) in [4.78, 5) is 14.4. The Labute approximate surface area is 118 Å². The number of aliphatic hydroxyl groups is 1. The van der Waals surface area contributed by atoms with Crippen LogP contribution in [0.15, 0.2) is 42.5 Å². The zero-order valence-corrected chi connectivity index (χ0v) is 11.6. The molecule has 3 nitrogen and oxygen atoms in total. The number of amides is 1. The minimum absolute atomic E-state index is 0.0684. The number of fused-ring (bicyclic) bond motifs is 1. The number of likely N-dealkylation sites (tertiary alicyclic amines) is 1. The first-order valence-electron chi connectivity index (χ1n) is 7.11. The molecule has 1 amide bonds. The standard InChI is InChI=1S/C17H19NO2/c1-12(19)16-8-9-18(11-16)17(20)15-7-6-13-4-2-3-5-14(13)10-15/h2-7,10,12,16,19H,8-9,11H2,1H3. The summed E-state index contributed by atoms with van der Waals surface area (Å²) in [6.07, 6.45) is 0.543. The fourth-order valence-corrected chi connectivity index (χ4v) is 2.87. The van der Waals surface area contributed by atoms with Crippen molar-refractivity contribution in [3.63, 3.8) is 0 Å². The third kappa shape index (κ3) is 2.41. The first kappa shape index (κ1) is 13.1. The topological polar surface area (TPSA) is 40.5 Å². The van der Waals surface area contributed by atoms with Gasteiger partial charge in [-0.05, 0) is 36.2 Å². The number of hydrogen-bond acceptors (Lipinski definition) is 2. The number of aliphatic hydroxyl groups excluding tert-OH is 1. The predicted molar refractivity (Wildman–Crippen MR) is 79.6 cm³/mol. The van der Waals surface area contributed by atoms with Crippen LogP contribution >= 0.6 is 0 Å². The van der Waals surface area contributed by atoms with Crippen LogP contribution in [0.2, 0.25) is 0 Å². The van der Waals surface area contributed by atoms with E-state index in [-0.39, 0.29) is 17.9 Å². The molecule has 2 unspecified atom stereocenters. The Hall–Kier alpha value is -1.87. The number of benzene rings is 2. The highest BCUT2D eigenvalue weighted by Gasteiger charge is 2.29. The van der Waals surface area contributed by atoms with Gasteiger partial charge in [0.05, 0.1) is 6.10 Å². The maximum atomic E-state index is 12.5. The van der Waals surface area contributed by atoms with Crippen molar-refractivity contribution in [1.82, 2.24) is 4.90 Å². The van der Waals surface area contributed by atoms with Gasteiger partial charge in [-0.2, -0.15) is 0 Å². The van der Waals surface area contributed by atoms with Gasteiger partial charge < -0.3 is 10.0 Å². The molecule has 2 atom stereocenters. The lowest BCUT2D eigenvalue weighted by Gasteiger charge is -2.18. The second-order valence-electron chi connectivity index (χ2n) is 5.60. The van der Waals surface area contributed by atoms with E-state index in [1.807, 2.05) is 47.4 Å². The van der Waals surface area contributed by atoms with E-state index in [0.29, 0.717) is 6.54 Å². The Morgan fingerprint density at radius 1 is 1.25 bits per heavy atom. The molecule has 3 rings (SSSR count). The summed E-state index contributed by atoms with van der Waals surface area (Å²) in [7, 11) is 0. The normalized spacial score (nSPS) is 20.3. The van der Waals surface area contributed by atoms with E-state index in [1.165, 1.54) is 0 Å². The van der Waals surface area contributed by atoms with Gasteiger partial charge in [0.25, 0.3) is 5.91 Å². The van der Waals surface area contributed by atoms with E-state index in [0.717, 1.165) is 29.3 Å². The smallest absolute Gasteiger partial charge is 0.253 e. The molecule has 1 N–H and O–H groups in total. The van der Waals surface area contributed by atoms with Crippen LogP contribution in [0.5, 0.6) is 0 Å². The van der Waals surface area contributed by atoms with Gasteiger partial charge in [-0.25, -0.2) is 0 Å². The number of hydrogen-bond donors (Lipinski definition) is 1. The molecule has 20 heavy (non-hydrogen) atoms. The van der Waals surface area contributed by atoms with Crippen molar-refractivity contribution in [3.8, 4) is 0 Å². The monoisotopic (exact) mass is 269 g/mol. The maximum Gasteiger partial charge on any atom is 0.253 e. The van der Waals surface area contributed by atoms with Gasteiger partial charge in [0.1, 0.15) is 0 Å². The minimum Gasteiger partial charge on any atom is -0.393 e. The van der Waals surface area contributed by atoms with Crippen LogP contribution in [0.4, 0.5) is 0 Å². The number of carbonyl (C=O) groups is 1. The number of rotatable bonds is 2. The van der Waals surface area contributed by atoms with Crippen molar-refractivity contribution < 1.29 is 9.90 Å². The zero-order chi connectivity index (χ0) is 14.1. The molecule has 1 aliphatic heterocycles. The molecule has 2 aromatic carbocycles. The van der Waals surface area contributed by atoms with Gasteiger partial charge in [-0.3, -0.25) is 4.79 Å². The molecule has 0 radical (unpaired) electrons. The SMILES string of the molecule is CC(O)C1CCN(C(=O)c2ccc3ccccc3c2)C1. The summed E-state index contributed by atoms with van der Waals surface area (Å²) in [5.41, 5.74) is 0.731. The minimum atomic E-state index is -0.343. The summed E-state index contributed by atoms with van der Waals surface area (Å²) in [5.74, 6) is 0.276. The van der Waals surface area contributed by atoms with E-state index >= 15 is 0 Å². The van der Waals surface area contributed by atoms with Crippen LogP contribution in [-0.2, 0) is 0 Å². The van der Waals surface area contributed by atoms with Crippen LogP contribution in [0.25, 0.3) is 10.8 Å². The van der Waals surface area contributed by atoms with Gasteiger partial charge >= 0.3 is 0 Å².